The second kappa shape index (κ2) is 10.00. The van der Waals surface area contributed by atoms with Crippen molar-refractivity contribution in [2.24, 2.45) is 0 Å². The Kier molecular flexibility index (Phi) is 9.59. The zero-order valence-corrected chi connectivity index (χ0v) is 13.4. The minimum absolute atomic E-state index is 0. The lowest BCUT2D eigenvalue weighted by atomic mass is 10.2. The number of hydrogen-bond donors (Lipinski definition) is 1. The molecule has 1 N–H and O–H groups in total. The van der Waals surface area contributed by atoms with Crippen LogP contribution in [0.2, 0.25) is 0 Å². The van der Waals surface area contributed by atoms with Crippen molar-refractivity contribution in [3.63, 3.8) is 0 Å². The summed E-state index contributed by atoms with van der Waals surface area (Å²) in [6.07, 6.45) is 0. The first-order chi connectivity index (χ1) is 8.79. The summed E-state index contributed by atoms with van der Waals surface area (Å²) in [4.78, 5) is 16.1. The average molecular weight is 320 g/mol. The lowest BCUT2D eigenvalue weighted by Crippen LogP contribution is -2.50. The maximum atomic E-state index is 11.7. The van der Waals surface area contributed by atoms with Crippen LogP contribution < -0.4 is 5.32 Å². The standard InChI is InChI=1S/C14H21N3O.2ClH/c1-15-11-14(18)17-9-7-16(8-10-17)12-13-5-3-2-4-6-13;;/h2-6,15H,7-12H2,1H3;2*1H. The van der Waals surface area contributed by atoms with Gasteiger partial charge in [0.25, 0.3) is 0 Å². The molecule has 0 radical (unpaired) electrons. The molecule has 20 heavy (non-hydrogen) atoms. The second-order valence-corrected chi connectivity index (χ2v) is 4.67. The molecule has 0 saturated carbocycles. The van der Waals surface area contributed by atoms with Gasteiger partial charge in [0.2, 0.25) is 5.91 Å². The zero-order chi connectivity index (χ0) is 12.8. The van der Waals surface area contributed by atoms with Crippen molar-refractivity contribution in [2.75, 3.05) is 39.8 Å². The molecule has 4 nitrogen and oxygen atoms in total. The highest BCUT2D eigenvalue weighted by molar-refractivity contribution is 5.85. The first kappa shape index (κ1) is 19.2. The highest BCUT2D eigenvalue weighted by atomic mass is 35.5. The summed E-state index contributed by atoms with van der Waals surface area (Å²) in [7, 11) is 1.81. The quantitative estimate of drug-likeness (QED) is 0.911. The van der Waals surface area contributed by atoms with Gasteiger partial charge >= 0.3 is 0 Å². The molecule has 2 rings (SSSR count). The average Bonchev–Trinajstić information content (AvgIpc) is 2.41. The van der Waals surface area contributed by atoms with Gasteiger partial charge in [0.15, 0.2) is 0 Å². The topological polar surface area (TPSA) is 35.6 Å². The third-order valence-corrected chi connectivity index (χ3v) is 3.30. The normalized spacial score (nSPS) is 15.2. The van der Waals surface area contributed by atoms with E-state index in [1.807, 2.05) is 18.0 Å². The van der Waals surface area contributed by atoms with E-state index in [0.717, 1.165) is 32.7 Å². The fourth-order valence-electron chi connectivity index (χ4n) is 2.26. The van der Waals surface area contributed by atoms with Gasteiger partial charge in [0.1, 0.15) is 0 Å². The van der Waals surface area contributed by atoms with Crippen LogP contribution in [0.3, 0.4) is 0 Å². The first-order valence-electron chi connectivity index (χ1n) is 6.48. The van der Waals surface area contributed by atoms with E-state index in [1.54, 1.807) is 0 Å². The van der Waals surface area contributed by atoms with Gasteiger partial charge in [-0.2, -0.15) is 0 Å². The Hall–Kier alpha value is -0.810. The molecule has 0 aliphatic carbocycles. The monoisotopic (exact) mass is 319 g/mol. The number of rotatable bonds is 4. The third-order valence-electron chi connectivity index (χ3n) is 3.30. The van der Waals surface area contributed by atoms with Crippen molar-refractivity contribution >= 4 is 30.7 Å². The van der Waals surface area contributed by atoms with Crippen LogP contribution in [0.5, 0.6) is 0 Å². The van der Waals surface area contributed by atoms with E-state index in [4.69, 9.17) is 0 Å². The van der Waals surface area contributed by atoms with Gasteiger partial charge in [-0.3, -0.25) is 9.69 Å². The molecular formula is C14H23Cl2N3O. The van der Waals surface area contributed by atoms with Crippen molar-refractivity contribution in [2.45, 2.75) is 6.54 Å². The summed E-state index contributed by atoms with van der Waals surface area (Å²) in [6.45, 7) is 5.03. The number of nitrogens with zero attached hydrogens (tertiary/aromatic N) is 2. The van der Waals surface area contributed by atoms with Crippen molar-refractivity contribution in [3.05, 3.63) is 35.9 Å². The maximum absolute atomic E-state index is 11.7. The molecule has 1 saturated heterocycles. The molecule has 1 amide bonds. The van der Waals surface area contributed by atoms with Crippen LogP contribution in [0, 0.1) is 0 Å². The van der Waals surface area contributed by atoms with Crippen molar-refractivity contribution in [1.29, 1.82) is 0 Å². The van der Waals surface area contributed by atoms with Crippen LogP contribution in [-0.4, -0.2) is 55.5 Å². The number of nitrogens with one attached hydrogen (secondary N) is 1. The molecule has 114 valence electrons. The van der Waals surface area contributed by atoms with E-state index < -0.39 is 0 Å². The molecule has 0 aromatic heterocycles. The fraction of sp³-hybridized carbons (Fsp3) is 0.500. The summed E-state index contributed by atoms with van der Waals surface area (Å²) < 4.78 is 0. The zero-order valence-electron chi connectivity index (χ0n) is 11.7. The number of likely N-dealkylation sites (N-methyl/N-ethyl adjacent to an activating group) is 1. The van der Waals surface area contributed by atoms with Gasteiger partial charge in [-0.25, -0.2) is 0 Å². The van der Waals surface area contributed by atoms with Crippen LogP contribution in [0.1, 0.15) is 5.56 Å². The molecule has 1 aliphatic rings. The van der Waals surface area contributed by atoms with Gasteiger partial charge in [-0.05, 0) is 12.6 Å². The van der Waals surface area contributed by atoms with E-state index in [1.165, 1.54) is 5.56 Å². The molecule has 1 aromatic rings. The number of amides is 1. The van der Waals surface area contributed by atoms with E-state index in [0.29, 0.717) is 6.54 Å². The summed E-state index contributed by atoms with van der Waals surface area (Å²) in [5.41, 5.74) is 1.34. The number of hydrogen-bond acceptors (Lipinski definition) is 3. The molecular weight excluding hydrogens is 297 g/mol. The van der Waals surface area contributed by atoms with E-state index in [2.05, 4.69) is 34.5 Å². The fourth-order valence-corrected chi connectivity index (χ4v) is 2.26. The highest BCUT2D eigenvalue weighted by Crippen LogP contribution is 2.08. The van der Waals surface area contributed by atoms with Gasteiger partial charge < -0.3 is 10.2 Å². The Morgan fingerprint density at radius 3 is 2.25 bits per heavy atom. The Morgan fingerprint density at radius 2 is 1.70 bits per heavy atom. The SMILES string of the molecule is CNCC(=O)N1CCN(Cc2ccccc2)CC1.Cl.Cl. The van der Waals surface area contributed by atoms with Gasteiger partial charge in [-0.1, -0.05) is 30.3 Å². The van der Waals surface area contributed by atoms with Crippen LogP contribution in [0.15, 0.2) is 30.3 Å². The number of halogens is 2. The largest absolute Gasteiger partial charge is 0.339 e. The van der Waals surface area contributed by atoms with Crippen molar-refractivity contribution < 1.29 is 4.79 Å². The van der Waals surface area contributed by atoms with Crippen LogP contribution in [0.4, 0.5) is 0 Å². The predicted molar refractivity (Wildman–Crippen MR) is 86.7 cm³/mol. The van der Waals surface area contributed by atoms with E-state index >= 15 is 0 Å². The Balaban J connectivity index is 0.00000180. The van der Waals surface area contributed by atoms with Crippen molar-refractivity contribution in [3.8, 4) is 0 Å². The van der Waals surface area contributed by atoms with E-state index in [-0.39, 0.29) is 30.7 Å². The number of carbonyl (C=O) groups is 1. The lowest BCUT2D eigenvalue weighted by Gasteiger charge is -2.34. The molecule has 1 heterocycles. The van der Waals surface area contributed by atoms with Crippen LogP contribution in [-0.2, 0) is 11.3 Å². The predicted octanol–water partition coefficient (Wildman–Crippen LogP) is 1.39. The Morgan fingerprint density at radius 1 is 1.10 bits per heavy atom. The maximum Gasteiger partial charge on any atom is 0.236 e. The molecule has 0 atom stereocenters. The molecule has 0 spiro atoms. The molecule has 6 heteroatoms. The minimum Gasteiger partial charge on any atom is -0.339 e. The summed E-state index contributed by atoms with van der Waals surface area (Å²) in [5, 5.41) is 2.91. The molecule has 1 fully saturated rings. The molecule has 0 unspecified atom stereocenters. The minimum atomic E-state index is 0. The lowest BCUT2D eigenvalue weighted by molar-refractivity contribution is -0.131. The number of benzene rings is 1. The number of carbonyl (C=O) groups excluding carboxylic acids is 1. The first-order valence-corrected chi connectivity index (χ1v) is 6.48. The number of piperazine rings is 1. The molecule has 1 aliphatic heterocycles. The van der Waals surface area contributed by atoms with Crippen LogP contribution >= 0.6 is 24.8 Å². The summed E-state index contributed by atoms with van der Waals surface area (Å²) in [6, 6.07) is 10.5. The van der Waals surface area contributed by atoms with Gasteiger partial charge in [-0.15, -0.1) is 24.8 Å². The van der Waals surface area contributed by atoms with Crippen molar-refractivity contribution in [1.82, 2.24) is 15.1 Å². The highest BCUT2D eigenvalue weighted by Gasteiger charge is 2.20. The summed E-state index contributed by atoms with van der Waals surface area (Å²) >= 11 is 0. The smallest absolute Gasteiger partial charge is 0.236 e. The van der Waals surface area contributed by atoms with Crippen LogP contribution in [0.25, 0.3) is 0 Å². The van der Waals surface area contributed by atoms with E-state index in [9.17, 15) is 4.79 Å². The second-order valence-electron chi connectivity index (χ2n) is 4.67. The Bertz CT molecular complexity index is 381. The molecule has 1 aromatic carbocycles. The van der Waals surface area contributed by atoms with Gasteiger partial charge in [0, 0.05) is 32.7 Å². The summed E-state index contributed by atoms with van der Waals surface area (Å²) in [5.74, 6) is 0.205. The molecule has 0 bridgehead atoms. The third kappa shape index (κ3) is 5.67. The van der Waals surface area contributed by atoms with Gasteiger partial charge in [0.05, 0.1) is 6.54 Å². The Labute approximate surface area is 133 Å².